The number of ether oxygens (including phenoxy) is 1. The normalized spacial score (nSPS) is 26.1. The molecule has 2 heterocycles. The number of hydrogen-bond acceptors (Lipinski definition) is 4. The van der Waals surface area contributed by atoms with Gasteiger partial charge in [-0.25, -0.2) is 4.79 Å². The summed E-state index contributed by atoms with van der Waals surface area (Å²) in [5, 5.41) is 7.02. The maximum atomic E-state index is 13.2. The van der Waals surface area contributed by atoms with Crippen molar-refractivity contribution in [2.75, 3.05) is 0 Å². The molecule has 2 aromatic carbocycles. The number of carbonyl (C=O) groups excluding carboxylic acids is 1. The van der Waals surface area contributed by atoms with Gasteiger partial charge in [0.2, 0.25) is 0 Å². The summed E-state index contributed by atoms with van der Waals surface area (Å²) in [5.74, 6) is -0.921. The first-order chi connectivity index (χ1) is 13.9. The van der Waals surface area contributed by atoms with Gasteiger partial charge in [-0.15, -0.1) is 0 Å². The molecule has 2 aliphatic heterocycles. The fraction of sp³-hybridized carbons (Fsp3) is 0.292. The van der Waals surface area contributed by atoms with Gasteiger partial charge in [-0.05, 0) is 50.3 Å². The Morgan fingerprint density at radius 2 is 1.69 bits per heavy atom. The van der Waals surface area contributed by atoms with Crippen LogP contribution in [0.25, 0.3) is 0 Å². The first-order valence-electron chi connectivity index (χ1n) is 9.95. The van der Waals surface area contributed by atoms with Crippen molar-refractivity contribution in [1.82, 2.24) is 15.5 Å². The van der Waals surface area contributed by atoms with Crippen molar-refractivity contribution in [3.63, 3.8) is 0 Å². The van der Waals surface area contributed by atoms with Crippen LogP contribution in [0.4, 0.5) is 4.79 Å². The van der Waals surface area contributed by atoms with Crippen LogP contribution < -0.4 is 10.6 Å². The number of nitrogens with zero attached hydrogens (tertiary/aromatic N) is 1. The number of carbonyl (C=O) groups is 1. The number of rotatable bonds is 5. The molecule has 1 saturated heterocycles. The third-order valence-corrected chi connectivity index (χ3v) is 5.54. The van der Waals surface area contributed by atoms with Gasteiger partial charge < -0.3 is 10.1 Å². The number of dihydropyridines is 1. The molecular formula is C24H27N3O2. The highest BCUT2D eigenvalue weighted by Gasteiger charge is 2.56. The largest absolute Gasteiger partial charge is 0.441 e. The van der Waals surface area contributed by atoms with Crippen LogP contribution in [0.2, 0.25) is 0 Å². The predicted octanol–water partition coefficient (Wildman–Crippen LogP) is 4.64. The van der Waals surface area contributed by atoms with Crippen LogP contribution in [0.1, 0.15) is 44.0 Å². The first-order valence-corrected chi connectivity index (χ1v) is 9.95. The molecule has 5 heteroatoms. The Hall–Kier alpha value is -3.05. The number of cyclic esters (lactones) is 1. The highest BCUT2D eigenvalue weighted by atomic mass is 16.6. The summed E-state index contributed by atoms with van der Waals surface area (Å²) in [5.41, 5.74) is 1.49. The molecule has 0 bridgehead atoms. The lowest BCUT2D eigenvalue weighted by Gasteiger charge is -2.45. The third kappa shape index (κ3) is 3.54. The quantitative estimate of drug-likeness (QED) is 0.782. The fourth-order valence-corrected chi connectivity index (χ4v) is 4.22. The molecule has 2 aromatic rings. The van der Waals surface area contributed by atoms with Crippen LogP contribution in [-0.4, -0.2) is 22.4 Å². The van der Waals surface area contributed by atoms with Crippen LogP contribution in [0.5, 0.6) is 0 Å². The highest BCUT2D eigenvalue weighted by Crippen LogP contribution is 2.44. The summed E-state index contributed by atoms with van der Waals surface area (Å²) in [6.45, 7) is 6.01. The molecular weight excluding hydrogens is 362 g/mol. The molecule has 1 unspecified atom stereocenters. The second-order valence-electron chi connectivity index (χ2n) is 8.06. The number of allylic oxidation sites excluding steroid dienone is 2. The molecule has 0 radical (unpaired) electrons. The third-order valence-electron chi connectivity index (χ3n) is 5.54. The van der Waals surface area contributed by atoms with E-state index in [-0.39, 0.29) is 18.2 Å². The van der Waals surface area contributed by atoms with Gasteiger partial charge in [0.15, 0.2) is 5.79 Å². The van der Waals surface area contributed by atoms with E-state index in [1.54, 1.807) is 4.90 Å². The van der Waals surface area contributed by atoms with Crippen LogP contribution in [0.15, 0.2) is 85.1 Å². The number of nitrogens with one attached hydrogen (secondary N) is 2. The molecule has 1 fully saturated rings. The molecule has 0 aromatic heterocycles. The van der Waals surface area contributed by atoms with Gasteiger partial charge >= 0.3 is 6.09 Å². The van der Waals surface area contributed by atoms with Gasteiger partial charge in [-0.2, -0.15) is 0 Å². The van der Waals surface area contributed by atoms with E-state index in [9.17, 15) is 4.79 Å². The van der Waals surface area contributed by atoms with Gasteiger partial charge in [0, 0.05) is 6.04 Å². The lowest BCUT2D eigenvalue weighted by atomic mass is 9.90. The van der Waals surface area contributed by atoms with E-state index in [1.165, 1.54) is 0 Å². The maximum absolute atomic E-state index is 13.2. The zero-order valence-electron chi connectivity index (χ0n) is 17.0. The molecule has 0 aliphatic carbocycles. The fourth-order valence-electron chi connectivity index (χ4n) is 4.22. The van der Waals surface area contributed by atoms with E-state index in [4.69, 9.17) is 4.74 Å². The zero-order valence-corrected chi connectivity index (χ0v) is 17.0. The van der Waals surface area contributed by atoms with Crippen LogP contribution in [-0.2, 0) is 4.74 Å². The van der Waals surface area contributed by atoms with Crippen molar-refractivity contribution in [2.24, 2.45) is 0 Å². The standard InChI is InChI=1S/C24H27N3O2/c1-18(19-12-6-4-7-13-19)26-24(16-10-11-17-25-24)27-21(20-14-8-5-9-15-20)23(2,3)29-22(27)28/h4-18,21,25-26H,1-3H3/t18-,21-,24?/m0/s1. The Balaban J connectivity index is 1.76. The maximum Gasteiger partial charge on any atom is 0.414 e. The predicted molar refractivity (Wildman–Crippen MR) is 114 cm³/mol. The highest BCUT2D eigenvalue weighted by molar-refractivity contribution is 5.73. The molecule has 29 heavy (non-hydrogen) atoms. The Bertz CT molecular complexity index is 924. The minimum Gasteiger partial charge on any atom is -0.441 e. The Morgan fingerprint density at radius 1 is 1.03 bits per heavy atom. The average Bonchev–Trinajstić information content (AvgIpc) is 2.98. The van der Waals surface area contributed by atoms with Gasteiger partial charge in [-0.1, -0.05) is 66.7 Å². The lowest BCUT2D eigenvalue weighted by molar-refractivity contribution is 0.0558. The molecule has 2 N–H and O–H groups in total. The number of amides is 1. The van der Waals surface area contributed by atoms with Crippen LogP contribution in [0, 0.1) is 0 Å². The van der Waals surface area contributed by atoms with Crippen LogP contribution in [0.3, 0.4) is 0 Å². The summed E-state index contributed by atoms with van der Waals surface area (Å²) in [7, 11) is 0. The minimum absolute atomic E-state index is 0.00668. The monoisotopic (exact) mass is 389 g/mol. The van der Waals surface area contributed by atoms with E-state index in [1.807, 2.05) is 86.8 Å². The summed E-state index contributed by atoms with van der Waals surface area (Å²) in [4.78, 5) is 14.9. The molecule has 0 spiro atoms. The lowest BCUT2D eigenvalue weighted by Crippen LogP contribution is -2.67. The number of hydrogen-bond donors (Lipinski definition) is 2. The van der Waals surface area contributed by atoms with Crippen molar-refractivity contribution in [1.29, 1.82) is 0 Å². The van der Waals surface area contributed by atoms with E-state index in [0.29, 0.717) is 0 Å². The van der Waals surface area contributed by atoms with Crippen molar-refractivity contribution < 1.29 is 9.53 Å². The average molecular weight is 389 g/mol. The summed E-state index contributed by atoms with van der Waals surface area (Å²) < 4.78 is 5.84. The van der Waals surface area contributed by atoms with Crippen LogP contribution >= 0.6 is 0 Å². The van der Waals surface area contributed by atoms with E-state index >= 15 is 0 Å². The number of benzene rings is 2. The molecule has 4 rings (SSSR count). The smallest absolute Gasteiger partial charge is 0.414 e. The van der Waals surface area contributed by atoms with Gasteiger partial charge in [0.1, 0.15) is 11.6 Å². The molecule has 2 aliphatic rings. The molecule has 1 amide bonds. The van der Waals surface area contributed by atoms with E-state index < -0.39 is 11.4 Å². The zero-order chi connectivity index (χ0) is 20.5. The molecule has 150 valence electrons. The van der Waals surface area contributed by atoms with Crippen molar-refractivity contribution >= 4 is 6.09 Å². The molecule has 0 saturated carbocycles. The second kappa shape index (κ2) is 7.41. The summed E-state index contributed by atoms with van der Waals surface area (Å²) in [6, 6.07) is 20.0. The van der Waals surface area contributed by atoms with Crippen molar-refractivity contribution in [3.8, 4) is 0 Å². The first kappa shape index (κ1) is 19.3. The van der Waals surface area contributed by atoms with Crippen molar-refractivity contribution in [3.05, 3.63) is 96.2 Å². The molecule has 3 atom stereocenters. The van der Waals surface area contributed by atoms with E-state index in [2.05, 4.69) is 29.7 Å². The topological polar surface area (TPSA) is 53.6 Å². The Morgan fingerprint density at radius 3 is 2.31 bits per heavy atom. The second-order valence-corrected chi connectivity index (χ2v) is 8.06. The SMILES string of the molecule is C[C@H](NC1(N2C(=O)OC(C)(C)[C@@H]2c2ccccc2)C=CC=CN1)c1ccccc1. The van der Waals surface area contributed by atoms with Gasteiger partial charge in [-0.3, -0.25) is 10.2 Å². The Kier molecular flexibility index (Phi) is 4.92. The minimum atomic E-state index is -0.921. The summed E-state index contributed by atoms with van der Waals surface area (Å²) >= 11 is 0. The Labute approximate surface area is 172 Å². The summed E-state index contributed by atoms with van der Waals surface area (Å²) in [6.07, 6.45) is 7.33. The van der Waals surface area contributed by atoms with Crippen molar-refractivity contribution in [2.45, 2.75) is 44.2 Å². The van der Waals surface area contributed by atoms with Gasteiger partial charge in [0.05, 0.1) is 0 Å². The van der Waals surface area contributed by atoms with Gasteiger partial charge in [0.25, 0.3) is 0 Å². The molecule has 5 nitrogen and oxygen atoms in total. The van der Waals surface area contributed by atoms with E-state index in [0.717, 1.165) is 11.1 Å².